The van der Waals surface area contributed by atoms with Gasteiger partial charge in [0.25, 0.3) is 0 Å². The first-order chi connectivity index (χ1) is 10.6. The van der Waals surface area contributed by atoms with E-state index in [1.165, 1.54) is 11.8 Å². The lowest BCUT2D eigenvalue weighted by Gasteiger charge is -2.07. The van der Waals surface area contributed by atoms with Gasteiger partial charge >= 0.3 is 6.03 Å². The van der Waals surface area contributed by atoms with Crippen molar-refractivity contribution in [1.82, 2.24) is 15.3 Å². The summed E-state index contributed by atoms with van der Waals surface area (Å²) in [4.78, 5) is 31.3. The lowest BCUT2D eigenvalue weighted by atomic mass is 10.2. The van der Waals surface area contributed by atoms with Crippen LogP contribution in [0.2, 0.25) is 0 Å². The largest absolute Gasteiger partial charge is 0.351 e. The molecule has 3 amide bonds. The third-order valence-corrected chi connectivity index (χ3v) is 4.35. The van der Waals surface area contributed by atoms with Crippen molar-refractivity contribution in [2.75, 3.05) is 5.75 Å². The Balaban J connectivity index is 1.74. The van der Waals surface area contributed by atoms with E-state index in [1.54, 1.807) is 0 Å². The Hall–Kier alpha value is -2.15. The van der Waals surface area contributed by atoms with E-state index in [0.717, 1.165) is 34.6 Å². The number of thioether (sulfide) groups is 1. The zero-order chi connectivity index (χ0) is 15.5. The van der Waals surface area contributed by atoms with Crippen molar-refractivity contribution < 1.29 is 9.59 Å². The number of urea groups is 1. The number of carbonyl (C=O) groups excluding carboxylic acids is 2. The smallest absolute Gasteiger partial charge is 0.318 e. The first kappa shape index (κ1) is 14.8. The summed E-state index contributed by atoms with van der Waals surface area (Å²) in [6.07, 6.45) is 2.50. The van der Waals surface area contributed by atoms with E-state index in [0.29, 0.717) is 11.7 Å². The van der Waals surface area contributed by atoms with Crippen LogP contribution in [0.3, 0.4) is 0 Å². The molecule has 7 heteroatoms. The molecule has 1 aliphatic rings. The highest BCUT2D eigenvalue weighted by Gasteiger charge is 2.27. The number of aromatic nitrogens is 2. The molecule has 1 aliphatic carbocycles. The number of carbonyl (C=O) groups is 2. The lowest BCUT2D eigenvalue weighted by molar-refractivity contribution is -0.119. The van der Waals surface area contributed by atoms with Gasteiger partial charge in [0, 0.05) is 23.5 Å². The van der Waals surface area contributed by atoms with Crippen LogP contribution in [0.1, 0.15) is 31.0 Å². The zero-order valence-electron chi connectivity index (χ0n) is 11.9. The van der Waals surface area contributed by atoms with Crippen LogP contribution in [0.15, 0.2) is 29.3 Å². The Morgan fingerprint density at radius 3 is 2.77 bits per heavy atom. The molecule has 0 radical (unpaired) electrons. The summed E-state index contributed by atoms with van der Waals surface area (Å²) >= 11 is 1.50. The van der Waals surface area contributed by atoms with Gasteiger partial charge in [0.15, 0.2) is 0 Å². The number of nitrogens with zero attached hydrogens (tertiary/aromatic N) is 2. The van der Waals surface area contributed by atoms with Crippen molar-refractivity contribution in [3.05, 3.63) is 30.1 Å². The summed E-state index contributed by atoms with van der Waals surface area (Å²) in [6, 6.07) is 7.05. The van der Waals surface area contributed by atoms with Crippen LogP contribution < -0.4 is 11.1 Å². The molecule has 1 heterocycles. The molecule has 1 aromatic carbocycles. The highest BCUT2D eigenvalue weighted by Crippen LogP contribution is 2.39. The van der Waals surface area contributed by atoms with Gasteiger partial charge in [-0.25, -0.2) is 14.8 Å². The van der Waals surface area contributed by atoms with Crippen molar-refractivity contribution in [2.24, 2.45) is 5.73 Å². The third kappa shape index (κ3) is 3.54. The second-order valence-corrected chi connectivity index (χ2v) is 6.27. The zero-order valence-corrected chi connectivity index (χ0v) is 12.7. The normalized spacial score (nSPS) is 14.0. The Morgan fingerprint density at radius 2 is 2.05 bits per heavy atom. The number of benzene rings is 1. The average molecular weight is 316 g/mol. The van der Waals surface area contributed by atoms with Crippen molar-refractivity contribution in [2.45, 2.75) is 30.2 Å². The molecule has 0 spiro atoms. The minimum Gasteiger partial charge on any atom is -0.351 e. The van der Waals surface area contributed by atoms with Gasteiger partial charge in [0.2, 0.25) is 5.91 Å². The SMILES string of the molecule is NC(=O)NC(=O)CCSc1nc(C2CC2)nc2ccccc12. The van der Waals surface area contributed by atoms with Crippen LogP contribution in [0.4, 0.5) is 4.79 Å². The van der Waals surface area contributed by atoms with E-state index in [9.17, 15) is 9.59 Å². The fraction of sp³-hybridized carbons (Fsp3) is 0.333. The molecule has 3 rings (SSSR count). The Labute approximate surface area is 131 Å². The lowest BCUT2D eigenvalue weighted by Crippen LogP contribution is -2.35. The van der Waals surface area contributed by atoms with E-state index < -0.39 is 6.03 Å². The van der Waals surface area contributed by atoms with E-state index in [2.05, 4.69) is 15.3 Å². The van der Waals surface area contributed by atoms with Crippen molar-refractivity contribution >= 4 is 34.6 Å². The molecular weight excluding hydrogens is 300 g/mol. The molecule has 0 aliphatic heterocycles. The molecule has 22 heavy (non-hydrogen) atoms. The predicted molar refractivity (Wildman–Crippen MR) is 84.6 cm³/mol. The molecule has 2 aromatic rings. The highest BCUT2D eigenvalue weighted by atomic mass is 32.2. The van der Waals surface area contributed by atoms with Crippen LogP contribution in [-0.2, 0) is 4.79 Å². The molecule has 0 saturated heterocycles. The first-order valence-corrected chi connectivity index (χ1v) is 8.11. The molecule has 0 bridgehead atoms. The topological polar surface area (TPSA) is 98.0 Å². The van der Waals surface area contributed by atoms with Gasteiger partial charge in [-0.2, -0.15) is 0 Å². The maximum Gasteiger partial charge on any atom is 0.318 e. The quantitative estimate of drug-likeness (QED) is 0.651. The first-order valence-electron chi connectivity index (χ1n) is 7.12. The monoisotopic (exact) mass is 316 g/mol. The molecule has 114 valence electrons. The van der Waals surface area contributed by atoms with Crippen LogP contribution in [-0.4, -0.2) is 27.7 Å². The number of hydrogen-bond donors (Lipinski definition) is 2. The highest BCUT2D eigenvalue weighted by molar-refractivity contribution is 7.99. The number of imide groups is 1. The van der Waals surface area contributed by atoms with Crippen LogP contribution in [0.5, 0.6) is 0 Å². The number of nitrogens with two attached hydrogens (primary N) is 1. The number of para-hydroxylation sites is 1. The Kier molecular flexibility index (Phi) is 4.24. The van der Waals surface area contributed by atoms with Gasteiger partial charge in [-0.1, -0.05) is 18.2 Å². The second kappa shape index (κ2) is 6.31. The summed E-state index contributed by atoms with van der Waals surface area (Å²) in [6.45, 7) is 0. The number of nitrogens with one attached hydrogen (secondary N) is 1. The minimum absolute atomic E-state index is 0.213. The van der Waals surface area contributed by atoms with E-state index in [4.69, 9.17) is 5.73 Å². The molecule has 1 saturated carbocycles. The molecule has 1 fully saturated rings. The van der Waals surface area contributed by atoms with Gasteiger partial charge in [-0.3, -0.25) is 10.1 Å². The fourth-order valence-corrected chi connectivity index (χ4v) is 3.11. The van der Waals surface area contributed by atoms with Crippen molar-refractivity contribution in [3.8, 4) is 0 Å². The van der Waals surface area contributed by atoms with E-state index in [1.807, 2.05) is 24.3 Å². The van der Waals surface area contributed by atoms with Gasteiger partial charge in [-0.15, -0.1) is 11.8 Å². The average Bonchev–Trinajstić information content (AvgIpc) is 3.31. The molecule has 1 aromatic heterocycles. The second-order valence-electron chi connectivity index (χ2n) is 5.19. The molecule has 3 N–H and O–H groups in total. The summed E-state index contributed by atoms with van der Waals surface area (Å²) in [5, 5.41) is 3.94. The fourth-order valence-electron chi connectivity index (χ4n) is 2.14. The van der Waals surface area contributed by atoms with E-state index >= 15 is 0 Å². The minimum atomic E-state index is -0.821. The van der Waals surface area contributed by atoms with Gasteiger partial charge in [0.1, 0.15) is 10.9 Å². The van der Waals surface area contributed by atoms with Crippen LogP contribution in [0, 0.1) is 0 Å². The predicted octanol–water partition coefficient (Wildman–Crippen LogP) is 2.18. The van der Waals surface area contributed by atoms with Gasteiger partial charge < -0.3 is 5.73 Å². The summed E-state index contributed by atoms with van der Waals surface area (Å²) in [7, 11) is 0. The maximum atomic E-state index is 11.4. The molecule has 0 unspecified atom stereocenters. The standard InChI is InChI=1S/C15H16N4O2S/c16-15(21)18-12(20)7-8-22-14-10-3-1-2-4-11(10)17-13(19-14)9-5-6-9/h1-4,9H,5-8H2,(H3,16,18,20,21). The number of amides is 3. The molecule has 0 atom stereocenters. The van der Waals surface area contributed by atoms with Crippen LogP contribution in [0.25, 0.3) is 10.9 Å². The molecular formula is C15H16N4O2S. The maximum absolute atomic E-state index is 11.4. The number of hydrogen-bond acceptors (Lipinski definition) is 5. The third-order valence-electron chi connectivity index (χ3n) is 3.36. The number of fused-ring (bicyclic) bond motifs is 1. The van der Waals surface area contributed by atoms with E-state index in [-0.39, 0.29) is 12.3 Å². The number of rotatable bonds is 5. The van der Waals surface area contributed by atoms with Gasteiger partial charge in [0.05, 0.1) is 5.52 Å². The molecule has 6 nitrogen and oxygen atoms in total. The van der Waals surface area contributed by atoms with Crippen molar-refractivity contribution in [1.29, 1.82) is 0 Å². The summed E-state index contributed by atoms with van der Waals surface area (Å²) < 4.78 is 0. The summed E-state index contributed by atoms with van der Waals surface area (Å²) in [5.41, 5.74) is 5.85. The van der Waals surface area contributed by atoms with Gasteiger partial charge in [-0.05, 0) is 18.9 Å². The summed E-state index contributed by atoms with van der Waals surface area (Å²) in [5.74, 6) is 1.52. The number of primary amides is 1. The van der Waals surface area contributed by atoms with Crippen LogP contribution >= 0.6 is 11.8 Å². The Morgan fingerprint density at radius 1 is 1.27 bits per heavy atom. The Bertz CT molecular complexity index is 731. The van der Waals surface area contributed by atoms with Crippen molar-refractivity contribution in [3.63, 3.8) is 0 Å².